The van der Waals surface area contributed by atoms with Gasteiger partial charge in [-0.25, -0.2) is 0 Å². The first-order valence-electron chi connectivity index (χ1n) is 7.99. The molecule has 22 heavy (non-hydrogen) atoms. The summed E-state index contributed by atoms with van der Waals surface area (Å²) in [6, 6.07) is 10.8. The highest BCUT2D eigenvalue weighted by atomic mass is 127. The predicted molar refractivity (Wildman–Crippen MR) is 101 cm³/mol. The number of nitrogens with zero attached hydrogens (tertiary/aromatic N) is 2. The Morgan fingerprint density at radius 2 is 2.14 bits per heavy atom. The van der Waals surface area contributed by atoms with E-state index in [9.17, 15) is 0 Å². The Morgan fingerprint density at radius 1 is 1.32 bits per heavy atom. The highest BCUT2D eigenvalue weighted by molar-refractivity contribution is 14.0. The lowest BCUT2D eigenvalue weighted by Gasteiger charge is -2.23. The molecule has 0 radical (unpaired) electrons. The van der Waals surface area contributed by atoms with Crippen molar-refractivity contribution in [2.75, 3.05) is 33.3 Å². The molecule has 1 aromatic carbocycles. The summed E-state index contributed by atoms with van der Waals surface area (Å²) in [5, 5.41) is 3.48. The van der Waals surface area contributed by atoms with E-state index in [1.807, 2.05) is 7.05 Å². The van der Waals surface area contributed by atoms with Crippen LogP contribution < -0.4 is 5.32 Å². The molecule has 1 N–H and O–H groups in total. The summed E-state index contributed by atoms with van der Waals surface area (Å²) in [5.41, 5.74) is 1.44. The quantitative estimate of drug-likeness (QED) is 0.469. The average Bonchev–Trinajstić information content (AvgIpc) is 3.20. The maximum absolute atomic E-state index is 5.66. The van der Waals surface area contributed by atoms with Crippen LogP contribution in [0.25, 0.3) is 0 Å². The zero-order chi connectivity index (χ0) is 14.5. The maximum atomic E-state index is 5.66. The van der Waals surface area contributed by atoms with Gasteiger partial charge in [0.05, 0.1) is 6.10 Å². The summed E-state index contributed by atoms with van der Waals surface area (Å²) in [4.78, 5) is 6.80. The molecule has 0 spiro atoms. The summed E-state index contributed by atoms with van der Waals surface area (Å²) in [5.74, 6) is 1.64. The third kappa shape index (κ3) is 4.35. The number of aliphatic imine (C=N–C) groups is 1. The Balaban J connectivity index is 0.00000176. The highest BCUT2D eigenvalue weighted by Crippen LogP contribution is 2.26. The van der Waals surface area contributed by atoms with Gasteiger partial charge < -0.3 is 15.0 Å². The van der Waals surface area contributed by atoms with Crippen molar-refractivity contribution in [1.82, 2.24) is 10.2 Å². The summed E-state index contributed by atoms with van der Waals surface area (Å²) in [6.45, 7) is 3.91. The molecule has 2 aliphatic rings. The maximum Gasteiger partial charge on any atom is 0.193 e. The number of guanidine groups is 1. The van der Waals surface area contributed by atoms with Crippen LogP contribution in [-0.4, -0.2) is 50.3 Å². The van der Waals surface area contributed by atoms with Crippen LogP contribution in [0.3, 0.4) is 0 Å². The Hall–Kier alpha value is -0.820. The van der Waals surface area contributed by atoms with Crippen LogP contribution >= 0.6 is 24.0 Å². The van der Waals surface area contributed by atoms with Gasteiger partial charge in [-0.3, -0.25) is 4.99 Å². The molecule has 3 rings (SSSR count). The number of ether oxygens (including phenoxy) is 1. The molecule has 2 saturated heterocycles. The molecule has 0 saturated carbocycles. The number of halogens is 1. The molecule has 5 heteroatoms. The molecule has 122 valence electrons. The molecular weight excluding hydrogens is 389 g/mol. The van der Waals surface area contributed by atoms with Gasteiger partial charge in [-0.15, -0.1) is 24.0 Å². The lowest BCUT2D eigenvalue weighted by atomic mass is 9.99. The minimum atomic E-state index is 0. The van der Waals surface area contributed by atoms with Crippen molar-refractivity contribution in [2.45, 2.75) is 31.3 Å². The Morgan fingerprint density at radius 3 is 2.82 bits per heavy atom. The van der Waals surface area contributed by atoms with Gasteiger partial charge in [-0.2, -0.15) is 0 Å². The Labute approximate surface area is 150 Å². The number of nitrogens with one attached hydrogen (secondary N) is 1. The molecule has 1 aromatic rings. The molecule has 2 aliphatic heterocycles. The van der Waals surface area contributed by atoms with Gasteiger partial charge in [-0.05, 0) is 24.8 Å². The van der Waals surface area contributed by atoms with Crippen LogP contribution in [0.1, 0.15) is 30.7 Å². The van der Waals surface area contributed by atoms with E-state index >= 15 is 0 Å². The normalized spacial score (nSPS) is 25.1. The van der Waals surface area contributed by atoms with E-state index in [2.05, 4.69) is 45.5 Å². The van der Waals surface area contributed by atoms with E-state index in [4.69, 9.17) is 4.74 Å². The van der Waals surface area contributed by atoms with Crippen LogP contribution in [0.5, 0.6) is 0 Å². The van der Waals surface area contributed by atoms with Crippen molar-refractivity contribution in [2.24, 2.45) is 4.99 Å². The van der Waals surface area contributed by atoms with E-state index in [0.29, 0.717) is 12.0 Å². The van der Waals surface area contributed by atoms with Crippen LogP contribution in [0.2, 0.25) is 0 Å². The molecule has 2 atom stereocenters. The second-order valence-corrected chi connectivity index (χ2v) is 5.91. The molecule has 2 fully saturated rings. The molecule has 0 aromatic heterocycles. The molecule has 4 nitrogen and oxygen atoms in total. The van der Waals surface area contributed by atoms with Gasteiger partial charge in [0.25, 0.3) is 0 Å². The standard InChI is InChI=1S/C17H25N3O.HI/c1-18-17(19-12-16-8-5-11-21-16)20-10-9-15(13-20)14-6-3-2-4-7-14;/h2-4,6-7,15-16H,5,8-13H2,1H3,(H,18,19);1H. The fourth-order valence-corrected chi connectivity index (χ4v) is 3.29. The summed E-state index contributed by atoms with van der Waals surface area (Å²) >= 11 is 0. The van der Waals surface area contributed by atoms with Gasteiger partial charge in [0.1, 0.15) is 0 Å². The number of likely N-dealkylation sites (tertiary alicyclic amines) is 1. The second-order valence-electron chi connectivity index (χ2n) is 5.91. The fourth-order valence-electron chi connectivity index (χ4n) is 3.29. The van der Waals surface area contributed by atoms with Crippen molar-refractivity contribution < 1.29 is 4.74 Å². The zero-order valence-electron chi connectivity index (χ0n) is 13.2. The van der Waals surface area contributed by atoms with Crippen LogP contribution in [0, 0.1) is 0 Å². The van der Waals surface area contributed by atoms with Gasteiger partial charge in [0.15, 0.2) is 5.96 Å². The molecule has 0 bridgehead atoms. The average molecular weight is 415 g/mol. The van der Waals surface area contributed by atoms with Gasteiger partial charge in [0.2, 0.25) is 0 Å². The molecule has 2 heterocycles. The van der Waals surface area contributed by atoms with E-state index < -0.39 is 0 Å². The van der Waals surface area contributed by atoms with Gasteiger partial charge >= 0.3 is 0 Å². The van der Waals surface area contributed by atoms with E-state index in [0.717, 1.165) is 38.6 Å². The third-order valence-electron chi connectivity index (χ3n) is 4.48. The number of hydrogen-bond acceptors (Lipinski definition) is 2. The van der Waals surface area contributed by atoms with Crippen LogP contribution in [0.15, 0.2) is 35.3 Å². The Kier molecular flexibility index (Phi) is 6.95. The van der Waals surface area contributed by atoms with Crippen molar-refractivity contribution in [3.8, 4) is 0 Å². The number of hydrogen-bond donors (Lipinski definition) is 1. The summed E-state index contributed by atoms with van der Waals surface area (Å²) < 4.78 is 5.66. The van der Waals surface area contributed by atoms with Crippen molar-refractivity contribution >= 4 is 29.9 Å². The summed E-state index contributed by atoms with van der Waals surface area (Å²) in [6.07, 6.45) is 3.90. The van der Waals surface area contributed by atoms with E-state index in [1.54, 1.807) is 0 Å². The predicted octanol–water partition coefficient (Wildman–Crippen LogP) is 2.85. The zero-order valence-corrected chi connectivity index (χ0v) is 15.5. The molecular formula is C17H26IN3O. The molecule has 0 aliphatic carbocycles. The van der Waals surface area contributed by atoms with E-state index in [-0.39, 0.29) is 24.0 Å². The smallest absolute Gasteiger partial charge is 0.193 e. The van der Waals surface area contributed by atoms with Gasteiger partial charge in [0, 0.05) is 39.2 Å². The van der Waals surface area contributed by atoms with Gasteiger partial charge in [-0.1, -0.05) is 30.3 Å². The number of rotatable bonds is 3. The summed E-state index contributed by atoms with van der Waals surface area (Å²) in [7, 11) is 1.87. The highest BCUT2D eigenvalue weighted by Gasteiger charge is 2.26. The third-order valence-corrected chi connectivity index (χ3v) is 4.48. The molecule has 2 unspecified atom stereocenters. The monoisotopic (exact) mass is 415 g/mol. The minimum absolute atomic E-state index is 0. The van der Waals surface area contributed by atoms with Crippen molar-refractivity contribution in [3.05, 3.63) is 35.9 Å². The minimum Gasteiger partial charge on any atom is -0.376 e. The van der Waals surface area contributed by atoms with Crippen LogP contribution in [-0.2, 0) is 4.74 Å². The SMILES string of the molecule is CN=C(NCC1CCCO1)N1CCC(c2ccccc2)C1.I. The fraction of sp³-hybridized carbons (Fsp3) is 0.588. The van der Waals surface area contributed by atoms with Crippen molar-refractivity contribution in [3.63, 3.8) is 0 Å². The van der Waals surface area contributed by atoms with Crippen LogP contribution in [0.4, 0.5) is 0 Å². The lowest BCUT2D eigenvalue weighted by Crippen LogP contribution is -2.42. The second kappa shape index (κ2) is 8.72. The topological polar surface area (TPSA) is 36.9 Å². The largest absolute Gasteiger partial charge is 0.376 e. The van der Waals surface area contributed by atoms with Crippen molar-refractivity contribution in [1.29, 1.82) is 0 Å². The Bertz CT molecular complexity index is 474. The first-order valence-corrected chi connectivity index (χ1v) is 7.99. The molecule has 0 amide bonds. The number of benzene rings is 1. The first kappa shape index (κ1) is 17.5. The lowest BCUT2D eigenvalue weighted by molar-refractivity contribution is 0.113. The first-order chi connectivity index (χ1) is 10.4. The van der Waals surface area contributed by atoms with E-state index in [1.165, 1.54) is 18.4 Å².